The van der Waals surface area contributed by atoms with E-state index in [0.717, 1.165) is 29.7 Å². The summed E-state index contributed by atoms with van der Waals surface area (Å²) in [6.45, 7) is 2.77. The van der Waals surface area contributed by atoms with Crippen LogP contribution in [0.1, 0.15) is 28.7 Å². The fraction of sp³-hybridized carbons (Fsp3) is 0.381. The molecule has 0 saturated heterocycles. The van der Waals surface area contributed by atoms with Gasteiger partial charge < -0.3 is 15.2 Å². The Morgan fingerprint density at radius 1 is 1.16 bits per heavy atom. The molecule has 0 spiro atoms. The van der Waals surface area contributed by atoms with E-state index in [0.29, 0.717) is 19.4 Å². The molecule has 0 saturated carbocycles. The molecule has 0 atom stereocenters. The Labute approximate surface area is 148 Å². The van der Waals surface area contributed by atoms with Gasteiger partial charge in [0, 0.05) is 32.2 Å². The topological polar surface area (TPSA) is 58.6 Å². The Morgan fingerprint density at radius 3 is 2.44 bits per heavy atom. The Hall–Kier alpha value is -2.33. The molecule has 25 heavy (non-hydrogen) atoms. The summed E-state index contributed by atoms with van der Waals surface area (Å²) >= 11 is 0. The summed E-state index contributed by atoms with van der Waals surface area (Å²) < 4.78 is 5.16. The number of methoxy groups -OCH3 is 1. The summed E-state index contributed by atoms with van der Waals surface area (Å²) in [5.74, 6) is -0.798. The first-order valence-corrected chi connectivity index (χ1v) is 8.71. The van der Waals surface area contributed by atoms with E-state index < -0.39 is 11.5 Å². The van der Waals surface area contributed by atoms with Crippen molar-refractivity contribution in [1.29, 1.82) is 0 Å². The number of aryl methyl sites for hydroxylation is 1. The van der Waals surface area contributed by atoms with Crippen molar-refractivity contribution in [2.24, 2.45) is 0 Å². The standard InChI is InChI=1S/C21H25NO3/c1-15-7-5-11-19(18(15)10-6-12-25-2)22-21(20(23)24)13-16-8-3-4-9-17(16)14-21/h3-5,7-9,11,22H,6,10,12-14H2,1-2H3,(H,23,24). The van der Waals surface area contributed by atoms with E-state index in [2.05, 4.69) is 18.3 Å². The number of hydrogen-bond donors (Lipinski definition) is 2. The number of aliphatic carboxylic acids is 1. The van der Waals surface area contributed by atoms with Gasteiger partial charge in [0.1, 0.15) is 5.54 Å². The van der Waals surface area contributed by atoms with E-state index in [1.54, 1.807) is 7.11 Å². The number of anilines is 1. The first-order chi connectivity index (χ1) is 12.1. The van der Waals surface area contributed by atoms with Gasteiger partial charge >= 0.3 is 5.97 Å². The number of carbonyl (C=O) groups is 1. The zero-order chi connectivity index (χ0) is 17.9. The van der Waals surface area contributed by atoms with E-state index >= 15 is 0 Å². The van der Waals surface area contributed by atoms with Gasteiger partial charge in [-0.25, -0.2) is 4.79 Å². The van der Waals surface area contributed by atoms with Crippen LogP contribution in [0.25, 0.3) is 0 Å². The molecular weight excluding hydrogens is 314 g/mol. The zero-order valence-corrected chi connectivity index (χ0v) is 14.8. The summed E-state index contributed by atoms with van der Waals surface area (Å²) in [6, 6.07) is 14.0. The van der Waals surface area contributed by atoms with Crippen molar-refractivity contribution in [2.75, 3.05) is 19.0 Å². The van der Waals surface area contributed by atoms with Gasteiger partial charge in [0.05, 0.1) is 0 Å². The van der Waals surface area contributed by atoms with Gasteiger partial charge in [-0.05, 0) is 48.1 Å². The van der Waals surface area contributed by atoms with Gasteiger partial charge in [0.15, 0.2) is 0 Å². The molecule has 0 radical (unpaired) electrons. The van der Waals surface area contributed by atoms with Crippen LogP contribution in [0, 0.1) is 6.92 Å². The van der Waals surface area contributed by atoms with Crippen LogP contribution in [0.5, 0.6) is 0 Å². The minimum absolute atomic E-state index is 0.504. The fourth-order valence-electron chi connectivity index (χ4n) is 3.71. The minimum atomic E-state index is -0.979. The van der Waals surface area contributed by atoms with Crippen molar-refractivity contribution in [3.63, 3.8) is 0 Å². The maximum absolute atomic E-state index is 12.2. The maximum atomic E-state index is 12.2. The monoisotopic (exact) mass is 339 g/mol. The van der Waals surface area contributed by atoms with E-state index in [1.165, 1.54) is 11.1 Å². The van der Waals surface area contributed by atoms with Crippen LogP contribution in [0.2, 0.25) is 0 Å². The third-order valence-electron chi connectivity index (χ3n) is 5.07. The van der Waals surface area contributed by atoms with Crippen molar-refractivity contribution in [3.8, 4) is 0 Å². The lowest BCUT2D eigenvalue weighted by Gasteiger charge is -2.28. The molecule has 3 rings (SSSR count). The van der Waals surface area contributed by atoms with E-state index in [9.17, 15) is 9.90 Å². The normalized spacial score (nSPS) is 15.0. The largest absolute Gasteiger partial charge is 0.479 e. The van der Waals surface area contributed by atoms with Crippen LogP contribution in [0.3, 0.4) is 0 Å². The molecule has 132 valence electrons. The third-order valence-corrected chi connectivity index (χ3v) is 5.07. The smallest absolute Gasteiger partial charge is 0.330 e. The summed E-state index contributed by atoms with van der Waals surface area (Å²) in [6.07, 6.45) is 2.79. The van der Waals surface area contributed by atoms with Gasteiger partial charge in [-0.1, -0.05) is 36.4 Å². The molecule has 2 N–H and O–H groups in total. The molecule has 0 amide bonds. The second-order valence-corrected chi connectivity index (χ2v) is 6.83. The maximum Gasteiger partial charge on any atom is 0.330 e. The molecule has 0 unspecified atom stereocenters. The highest BCUT2D eigenvalue weighted by Crippen LogP contribution is 2.35. The highest BCUT2D eigenvalue weighted by Gasteiger charge is 2.44. The SMILES string of the molecule is COCCCc1c(C)cccc1NC1(C(=O)O)Cc2ccccc2C1. The highest BCUT2D eigenvalue weighted by molar-refractivity contribution is 5.85. The zero-order valence-electron chi connectivity index (χ0n) is 14.8. The Bertz CT molecular complexity index is 744. The van der Waals surface area contributed by atoms with Crippen molar-refractivity contribution in [1.82, 2.24) is 0 Å². The highest BCUT2D eigenvalue weighted by atomic mass is 16.5. The number of carboxylic acid groups (broad SMARTS) is 1. The molecule has 0 fully saturated rings. The van der Waals surface area contributed by atoms with Gasteiger partial charge in [-0.15, -0.1) is 0 Å². The van der Waals surface area contributed by atoms with Crippen molar-refractivity contribution < 1.29 is 14.6 Å². The molecule has 2 aromatic rings. The van der Waals surface area contributed by atoms with Crippen LogP contribution in [0.4, 0.5) is 5.69 Å². The lowest BCUT2D eigenvalue weighted by Crippen LogP contribution is -2.47. The van der Waals surface area contributed by atoms with Gasteiger partial charge in [-0.2, -0.15) is 0 Å². The first kappa shape index (κ1) is 17.5. The van der Waals surface area contributed by atoms with Crippen LogP contribution >= 0.6 is 0 Å². The summed E-state index contributed by atoms with van der Waals surface area (Å²) in [5, 5.41) is 13.4. The van der Waals surface area contributed by atoms with Crippen molar-refractivity contribution in [2.45, 2.75) is 38.1 Å². The number of hydrogen-bond acceptors (Lipinski definition) is 3. The number of fused-ring (bicyclic) bond motifs is 1. The molecule has 0 aliphatic heterocycles. The van der Waals surface area contributed by atoms with Gasteiger partial charge in [-0.3, -0.25) is 0 Å². The van der Waals surface area contributed by atoms with Crippen LogP contribution < -0.4 is 5.32 Å². The molecule has 0 bridgehead atoms. The predicted molar refractivity (Wildman–Crippen MR) is 99.2 cm³/mol. The summed E-state index contributed by atoms with van der Waals surface area (Å²) in [4.78, 5) is 12.2. The van der Waals surface area contributed by atoms with E-state index in [-0.39, 0.29) is 0 Å². The Kier molecular flexibility index (Phi) is 5.09. The molecular formula is C21H25NO3. The van der Waals surface area contributed by atoms with Crippen molar-refractivity contribution in [3.05, 3.63) is 64.7 Å². The van der Waals surface area contributed by atoms with Crippen LogP contribution in [0.15, 0.2) is 42.5 Å². The van der Waals surface area contributed by atoms with Crippen LogP contribution in [-0.4, -0.2) is 30.3 Å². The average molecular weight is 339 g/mol. The molecule has 4 nitrogen and oxygen atoms in total. The lowest BCUT2D eigenvalue weighted by molar-refractivity contribution is -0.142. The molecule has 1 aliphatic rings. The fourth-order valence-corrected chi connectivity index (χ4v) is 3.71. The third kappa shape index (κ3) is 3.54. The number of nitrogens with one attached hydrogen (secondary N) is 1. The van der Waals surface area contributed by atoms with Crippen LogP contribution in [-0.2, 0) is 28.8 Å². The quantitative estimate of drug-likeness (QED) is 0.757. The van der Waals surface area contributed by atoms with Gasteiger partial charge in [0.25, 0.3) is 0 Å². The number of rotatable bonds is 7. The van der Waals surface area contributed by atoms with Crippen molar-refractivity contribution >= 4 is 11.7 Å². The summed E-state index contributed by atoms with van der Waals surface area (Å²) in [5.41, 5.74) is 4.53. The summed E-state index contributed by atoms with van der Waals surface area (Å²) in [7, 11) is 1.70. The Balaban J connectivity index is 1.90. The number of ether oxygens (including phenoxy) is 1. The average Bonchev–Trinajstić information content (AvgIpc) is 2.97. The predicted octanol–water partition coefficient (Wildman–Crippen LogP) is 3.61. The second kappa shape index (κ2) is 7.28. The molecule has 4 heteroatoms. The molecule has 2 aromatic carbocycles. The number of benzene rings is 2. The second-order valence-electron chi connectivity index (χ2n) is 6.83. The molecule has 0 heterocycles. The Morgan fingerprint density at radius 2 is 1.84 bits per heavy atom. The van der Waals surface area contributed by atoms with Gasteiger partial charge in [0.2, 0.25) is 0 Å². The van der Waals surface area contributed by atoms with E-state index in [4.69, 9.17) is 4.74 Å². The molecule has 0 aromatic heterocycles. The minimum Gasteiger partial charge on any atom is -0.479 e. The number of carboxylic acids is 1. The first-order valence-electron chi connectivity index (χ1n) is 8.71. The molecule has 1 aliphatic carbocycles. The lowest BCUT2D eigenvalue weighted by atomic mass is 9.93. The van der Waals surface area contributed by atoms with E-state index in [1.807, 2.05) is 36.4 Å².